The molecule has 2 aliphatic rings. The molecule has 0 bridgehead atoms. The third-order valence-electron chi connectivity index (χ3n) is 5.78. The van der Waals surface area contributed by atoms with E-state index in [-0.39, 0.29) is 17.9 Å². The van der Waals surface area contributed by atoms with Crippen molar-refractivity contribution in [2.24, 2.45) is 0 Å². The van der Waals surface area contributed by atoms with Gasteiger partial charge in [0.1, 0.15) is 5.78 Å². The summed E-state index contributed by atoms with van der Waals surface area (Å²) in [7, 11) is 0. The Balaban J connectivity index is 1.79. The second-order valence-electron chi connectivity index (χ2n) is 7.49. The van der Waals surface area contributed by atoms with Crippen molar-refractivity contribution in [3.05, 3.63) is 65.7 Å². The van der Waals surface area contributed by atoms with Crippen LogP contribution in [0.4, 0.5) is 5.69 Å². The quantitative estimate of drug-likeness (QED) is 0.813. The fraction of sp³-hybridized carbons (Fsp3) is 0.435. The maximum Gasteiger partial charge on any atom is 0.149 e. The van der Waals surface area contributed by atoms with Crippen molar-refractivity contribution in [3.63, 3.8) is 0 Å². The van der Waals surface area contributed by atoms with Crippen molar-refractivity contribution in [2.45, 2.75) is 31.8 Å². The Morgan fingerprint density at radius 1 is 0.963 bits per heavy atom. The van der Waals surface area contributed by atoms with E-state index in [1.54, 1.807) is 6.92 Å². The molecule has 0 N–H and O–H groups in total. The molecular weight excluding hydrogens is 336 g/mol. The molecule has 0 aliphatic carbocycles. The van der Waals surface area contributed by atoms with Gasteiger partial charge in [-0.25, -0.2) is 0 Å². The molecule has 0 aromatic heterocycles. The zero-order valence-corrected chi connectivity index (χ0v) is 16.0. The summed E-state index contributed by atoms with van der Waals surface area (Å²) >= 11 is 0. The second kappa shape index (κ2) is 8.24. The number of benzene rings is 2. The van der Waals surface area contributed by atoms with Crippen molar-refractivity contribution < 1.29 is 9.53 Å². The molecule has 27 heavy (non-hydrogen) atoms. The first-order valence-electron chi connectivity index (χ1n) is 9.97. The summed E-state index contributed by atoms with van der Waals surface area (Å²) in [4.78, 5) is 17.7. The van der Waals surface area contributed by atoms with Gasteiger partial charge in [0, 0.05) is 25.3 Å². The standard InChI is InChI=1S/C23H28N2O2/c1-18(26)22(24-14-16-27-17-15-24)23(20-9-3-2-4-10-20)25-13-7-11-19-8-5-6-12-21(19)25/h2-6,8-10,12,22-23H,7,11,13-17H2,1H3/t22-,23-/m0/s1. The minimum atomic E-state index is -0.164. The van der Waals surface area contributed by atoms with E-state index < -0.39 is 0 Å². The van der Waals surface area contributed by atoms with Crippen LogP contribution >= 0.6 is 0 Å². The first-order chi connectivity index (χ1) is 13.3. The SMILES string of the molecule is CC(=O)[C@@H]([C@H](c1ccccc1)N1CCCc2ccccc21)N1CCOCC1. The number of ether oxygens (including phenoxy) is 1. The first-order valence-corrected chi connectivity index (χ1v) is 9.97. The normalized spacial score (nSPS) is 20.0. The van der Waals surface area contributed by atoms with E-state index in [1.165, 1.54) is 16.8 Å². The monoisotopic (exact) mass is 364 g/mol. The Morgan fingerprint density at radius 3 is 2.41 bits per heavy atom. The number of hydrogen-bond donors (Lipinski definition) is 0. The molecule has 0 radical (unpaired) electrons. The number of morpholine rings is 1. The Morgan fingerprint density at radius 2 is 1.67 bits per heavy atom. The fourth-order valence-corrected chi connectivity index (χ4v) is 4.57. The smallest absolute Gasteiger partial charge is 0.149 e. The molecule has 0 unspecified atom stereocenters. The van der Waals surface area contributed by atoms with Crippen LogP contribution in [0, 0.1) is 0 Å². The zero-order chi connectivity index (χ0) is 18.6. The lowest BCUT2D eigenvalue weighted by atomic mass is 9.90. The van der Waals surface area contributed by atoms with Crippen LogP contribution in [-0.4, -0.2) is 49.6 Å². The van der Waals surface area contributed by atoms with Crippen LogP contribution in [0.15, 0.2) is 54.6 Å². The largest absolute Gasteiger partial charge is 0.379 e. The van der Waals surface area contributed by atoms with Crippen LogP contribution in [0.3, 0.4) is 0 Å². The summed E-state index contributed by atoms with van der Waals surface area (Å²) in [5, 5.41) is 0. The summed E-state index contributed by atoms with van der Waals surface area (Å²) in [6.07, 6.45) is 2.23. The number of para-hydroxylation sites is 1. The number of aryl methyl sites for hydroxylation is 1. The van der Waals surface area contributed by atoms with Gasteiger partial charge >= 0.3 is 0 Å². The van der Waals surface area contributed by atoms with Gasteiger partial charge in [0.25, 0.3) is 0 Å². The second-order valence-corrected chi connectivity index (χ2v) is 7.49. The number of nitrogens with zero attached hydrogens (tertiary/aromatic N) is 2. The van der Waals surface area contributed by atoms with Gasteiger partial charge < -0.3 is 9.64 Å². The molecule has 0 amide bonds. The fourth-order valence-electron chi connectivity index (χ4n) is 4.57. The van der Waals surface area contributed by atoms with Crippen LogP contribution in [0.1, 0.15) is 30.5 Å². The number of carbonyl (C=O) groups is 1. The molecule has 1 saturated heterocycles. The van der Waals surface area contributed by atoms with Gasteiger partial charge in [-0.3, -0.25) is 9.69 Å². The summed E-state index contributed by atoms with van der Waals surface area (Å²) in [5.41, 5.74) is 3.87. The Bertz CT molecular complexity index is 771. The molecule has 2 aromatic carbocycles. The minimum Gasteiger partial charge on any atom is -0.379 e. The number of Topliss-reactive ketones (excluding diaryl/α,β-unsaturated/α-hetero) is 1. The predicted octanol–water partition coefficient (Wildman–Crippen LogP) is 3.47. The van der Waals surface area contributed by atoms with Crippen molar-refractivity contribution in [3.8, 4) is 0 Å². The highest BCUT2D eigenvalue weighted by Gasteiger charge is 2.38. The molecular formula is C23H28N2O2. The summed E-state index contributed by atoms with van der Waals surface area (Å²) in [6, 6.07) is 19.0. The number of carbonyl (C=O) groups excluding carboxylic acids is 1. The lowest BCUT2D eigenvalue weighted by Crippen LogP contribution is -2.54. The number of hydrogen-bond acceptors (Lipinski definition) is 4. The van der Waals surface area contributed by atoms with Gasteiger partial charge in [-0.15, -0.1) is 0 Å². The Kier molecular flexibility index (Phi) is 5.55. The molecule has 2 heterocycles. The van der Waals surface area contributed by atoms with Crippen LogP contribution < -0.4 is 4.90 Å². The number of ketones is 1. The maximum absolute atomic E-state index is 12.9. The van der Waals surface area contributed by atoms with Gasteiger partial charge in [-0.1, -0.05) is 48.5 Å². The highest BCUT2D eigenvalue weighted by molar-refractivity contribution is 5.83. The molecule has 4 rings (SSSR count). The highest BCUT2D eigenvalue weighted by Crippen LogP contribution is 2.37. The summed E-state index contributed by atoms with van der Waals surface area (Å²) in [5.74, 6) is 0.230. The van der Waals surface area contributed by atoms with Gasteiger partial charge in [0.2, 0.25) is 0 Å². The van der Waals surface area contributed by atoms with E-state index in [9.17, 15) is 4.79 Å². The Labute approximate surface area is 161 Å². The van der Waals surface area contributed by atoms with E-state index >= 15 is 0 Å². The Hall–Kier alpha value is -2.17. The molecule has 2 aliphatic heterocycles. The van der Waals surface area contributed by atoms with E-state index in [0.29, 0.717) is 13.2 Å². The van der Waals surface area contributed by atoms with Crippen LogP contribution in [0.2, 0.25) is 0 Å². The predicted molar refractivity (Wildman–Crippen MR) is 108 cm³/mol. The average Bonchev–Trinajstić information content (AvgIpc) is 2.72. The number of fused-ring (bicyclic) bond motifs is 1. The zero-order valence-electron chi connectivity index (χ0n) is 16.0. The molecule has 142 valence electrons. The minimum absolute atomic E-state index is 0.0169. The molecule has 2 aromatic rings. The van der Waals surface area contributed by atoms with Gasteiger partial charge in [-0.05, 0) is 37.0 Å². The number of rotatable bonds is 5. The van der Waals surface area contributed by atoms with Crippen molar-refractivity contribution in [1.29, 1.82) is 0 Å². The van der Waals surface area contributed by atoms with Crippen LogP contribution in [0.5, 0.6) is 0 Å². The van der Waals surface area contributed by atoms with E-state index in [1.807, 2.05) is 6.07 Å². The maximum atomic E-state index is 12.9. The van der Waals surface area contributed by atoms with Gasteiger partial charge in [-0.2, -0.15) is 0 Å². The summed E-state index contributed by atoms with van der Waals surface area (Å²) in [6.45, 7) is 5.73. The molecule has 1 fully saturated rings. The average molecular weight is 364 g/mol. The molecule has 2 atom stereocenters. The van der Waals surface area contributed by atoms with Crippen molar-refractivity contribution >= 4 is 11.5 Å². The molecule has 0 saturated carbocycles. The van der Waals surface area contributed by atoms with Gasteiger partial charge in [0.05, 0.1) is 25.3 Å². The van der Waals surface area contributed by atoms with Crippen molar-refractivity contribution in [1.82, 2.24) is 4.90 Å². The lowest BCUT2D eigenvalue weighted by molar-refractivity contribution is -0.125. The molecule has 4 heteroatoms. The third-order valence-corrected chi connectivity index (χ3v) is 5.78. The van der Waals surface area contributed by atoms with Crippen LogP contribution in [0.25, 0.3) is 0 Å². The van der Waals surface area contributed by atoms with Gasteiger partial charge in [0.15, 0.2) is 0 Å². The third kappa shape index (κ3) is 3.78. The first kappa shape index (κ1) is 18.2. The molecule has 4 nitrogen and oxygen atoms in total. The topological polar surface area (TPSA) is 32.8 Å². The van der Waals surface area contributed by atoms with E-state index in [4.69, 9.17) is 4.74 Å². The summed E-state index contributed by atoms with van der Waals surface area (Å²) < 4.78 is 5.55. The lowest BCUT2D eigenvalue weighted by Gasteiger charge is -2.45. The van der Waals surface area contributed by atoms with E-state index in [2.05, 4.69) is 58.3 Å². The van der Waals surface area contributed by atoms with E-state index in [0.717, 1.165) is 32.5 Å². The van der Waals surface area contributed by atoms with Crippen molar-refractivity contribution in [2.75, 3.05) is 37.7 Å². The highest BCUT2D eigenvalue weighted by atomic mass is 16.5. The number of anilines is 1. The molecule has 0 spiro atoms. The van der Waals surface area contributed by atoms with Crippen LogP contribution in [-0.2, 0) is 16.0 Å².